The number of hydrogen-bond donors (Lipinski definition) is 1. The minimum Gasteiger partial charge on any atom is -0.497 e. The largest absolute Gasteiger partial charge is 0.497 e. The van der Waals surface area contributed by atoms with Crippen LogP contribution in [0.5, 0.6) is 5.75 Å². The molecule has 1 atom stereocenters. The van der Waals surface area contributed by atoms with Gasteiger partial charge < -0.3 is 15.0 Å². The molecule has 0 spiro atoms. The van der Waals surface area contributed by atoms with E-state index in [0.29, 0.717) is 26.4 Å². The number of rotatable bonds is 13. The highest BCUT2D eigenvalue weighted by Gasteiger charge is 2.35. The molecule has 0 unspecified atom stereocenters. The molecule has 0 aliphatic carbocycles. The second-order valence-electron chi connectivity index (χ2n) is 10.8. The van der Waals surface area contributed by atoms with Gasteiger partial charge in [-0.1, -0.05) is 71.2 Å². The summed E-state index contributed by atoms with van der Waals surface area (Å²) in [5.74, 6) is -0.593. The van der Waals surface area contributed by atoms with E-state index in [4.69, 9.17) is 39.5 Å². The van der Waals surface area contributed by atoms with Crippen molar-refractivity contribution < 1.29 is 22.7 Å². The van der Waals surface area contributed by atoms with Crippen molar-refractivity contribution in [2.45, 2.75) is 43.8 Å². The van der Waals surface area contributed by atoms with Crippen LogP contribution in [0.15, 0.2) is 102 Å². The topological polar surface area (TPSA) is 96.0 Å². The molecule has 0 saturated carbocycles. The van der Waals surface area contributed by atoms with Crippen molar-refractivity contribution in [3.05, 3.63) is 123 Å². The first-order chi connectivity index (χ1) is 21.9. The van der Waals surface area contributed by atoms with Crippen LogP contribution >= 0.6 is 34.8 Å². The summed E-state index contributed by atoms with van der Waals surface area (Å²) in [5, 5.41) is 3.90. The van der Waals surface area contributed by atoms with Crippen LogP contribution < -0.4 is 14.4 Å². The number of nitrogens with zero attached hydrogens (tertiary/aromatic N) is 2. The maximum atomic E-state index is 14.5. The van der Waals surface area contributed by atoms with E-state index in [2.05, 4.69) is 5.32 Å². The summed E-state index contributed by atoms with van der Waals surface area (Å²) in [5.41, 5.74) is 1.43. The van der Waals surface area contributed by atoms with Crippen molar-refractivity contribution in [1.82, 2.24) is 10.2 Å². The molecule has 0 heterocycles. The van der Waals surface area contributed by atoms with Gasteiger partial charge in [-0.05, 0) is 80.1 Å². The van der Waals surface area contributed by atoms with Gasteiger partial charge in [-0.15, -0.1) is 0 Å². The number of ether oxygens (including phenoxy) is 1. The van der Waals surface area contributed by atoms with Gasteiger partial charge >= 0.3 is 0 Å². The smallest absolute Gasteiger partial charge is 0.264 e. The lowest BCUT2D eigenvalue weighted by Crippen LogP contribution is -2.54. The normalized spacial score (nSPS) is 12.0. The zero-order chi connectivity index (χ0) is 33.4. The molecule has 1 N–H and O–H groups in total. The third kappa shape index (κ3) is 8.73. The van der Waals surface area contributed by atoms with Gasteiger partial charge in [0, 0.05) is 39.6 Å². The molecule has 0 aliphatic heterocycles. The Balaban J connectivity index is 1.83. The lowest BCUT2D eigenvalue weighted by atomic mass is 10.0. The Kier molecular flexibility index (Phi) is 12.0. The average molecular weight is 703 g/mol. The molecule has 0 fully saturated rings. The van der Waals surface area contributed by atoms with Crippen LogP contribution in [0.1, 0.15) is 25.0 Å². The lowest BCUT2D eigenvalue weighted by Gasteiger charge is -2.34. The van der Waals surface area contributed by atoms with Crippen molar-refractivity contribution >= 4 is 62.3 Å². The zero-order valence-electron chi connectivity index (χ0n) is 25.5. The van der Waals surface area contributed by atoms with Gasteiger partial charge in [0.15, 0.2) is 0 Å². The van der Waals surface area contributed by atoms with Crippen LogP contribution in [0, 0.1) is 0 Å². The van der Waals surface area contributed by atoms with Crippen molar-refractivity contribution in [3.63, 3.8) is 0 Å². The lowest BCUT2D eigenvalue weighted by molar-refractivity contribution is -0.140. The molecule has 242 valence electrons. The van der Waals surface area contributed by atoms with E-state index in [0.717, 1.165) is 9.87 Å². The molecule has 46 heavy (non-hydrogen) atoms. The fourth-order valence-corrected chi connectivity index (χ4v) is 6.86. The molecule has 0 radical (unpaired) electrons. The number of anilines is 1. The van der Waals surface area contributed by atoms with Gasteiger partial charge in [0.2, 0.25) is 11.8 Å². The molecule has 2 amide bonds. The second kappa shape index (κ2) is 15.7. The van der Waals surface area contributed by atoms with Crippen LogP contribution in [0.3, 0.4) is 0 Å². The summed E-state index contributed by atoms with van der Waals surface area (Å²) in [4.78, 5) is 29.6. The van der Waals surface area contributed by atoms with Gasteiger partial charge in [0.1, 0.15) is 18.3 Å². The maximum absolute atomic E-state index is 14.5. The Morgan fingerprint density at radius 2 is 1.43 bits per heavy atom. The van der Waals surface area contributed by atoms with Crippen molar-refractivity contribution in [3.8, 4) is 5.75 Å². The van der Waals surface area contributed by atoms with Gasteiger partial charge in [0.05, 0.1) is 17.7 Å². The molecule has 4 aromatic rings. The molecule has 0 saturated heterocycles. The van der Waals surface area contributed by atoms with E-state index in [1.807, 2.05) is 44.2 Å². The van der Waals surface area contributed by atoms with E-state index in [9.17, 15) is 18.0 Å². The van der Waals surface area contributed by atoms with Gasteiger partial charge in [-0.2, -0.15) is 0 Å². The Morgan fingerprint density at radius 1 is 0.826 bits per heavy atom. The van der Waals surface area contributed by atoms with Crippen LogP contribution in [0.2, 0.25) is 15.1 Å². The number of carbonyl (C=O) groups excluding carboxylic acids is 2. The van der Waals surface area contributed by atoms with E-state index in [1.54, 1.807) is 18.2 Å². The summed E-state index contributed by atoms with van der Waals surface area (Å²) in [6.45, 7) is 2.84. The first kappa shape index (κ1) is 35.1. The van der Waals surface area contributed by atoms with Crippen LogP contribution in [0.4, 0.5) is 5.69 Å². The number of carbonyl (C=O) groups is 2. The van der Waals surface area contributed by atoms with Crippen molar-refractivity contribution in [2.24, 2.45) is 0 Å². The maximum Gasteiger partial charge on any atom is 0.264 e. The quantitative estimate of drug-likeness (QED) is 0.162. The van der Waals surface area contributed by atoms with Crippen LogP contribution in [-0.2, 0) is 32.6 Å². The Morgan fingerprint density at radius 3 is 2.00 bits per heavy atom. The molecule has 4 aromatic carbocycles. The predicted molar refractivity (Wildman–Crippen MR) is 183 cm³/mol. The number of sulfonamides is 1. The summed E-state index contributed by atoms with van der Waals surface area (Å²) in [6.07, 6.45) is 0.152. The highest BCUT2D eigenvalue weighted by molar-refractivity contribution is 7.92. The highest BCUT2D eigenvalue weighted by Crippen LogP contribution is 2.30. The minimum atomic E-state index is -4.30. The molecule has 12 heteroatoms. The monoisotopic (exact) mass is 701 g/mol. The summed E-state index contributed by atoms with van der Waals surface area (Å²) < 4.78 is 34.5. The standard InChI is InChI=1S/C34H34Cl3N3O5S/c1-23(2)38-34(42)32(20-24-8-5-4-6-9-24)39(21-29-30(36)10-7-11-31(29)37)33(41)22-40(26-14-12-25(35)13-15-26)46(43,44)28-18-16-27(45-3)17-19-28/h4-19,23,32H,20-22H2,1-3H3,(H,38,42)/t32-/m1/s1. The van der Waals surface area contributed by atoms with E-state index in [-0.39, 0.29) is 29.6 Å². The zero-order valence-corrected chi connectivity index (χ0v) is 28.6. The predicted octanol–water partition coefficient (Wildman–Crippen LogP) is 7.02. The molecule has 4 rings (SSSR count). The highest BCUT2D eigenvalue weighted by atomic mass is 35.5. The van der Waals surface area contributed by atoms with Crippen LogP contribution in [0.25, 0.3) is 0 Å². The molecule has 8 nitrogen and oxygen atoms in total. The Bertz CT molecular complexity index is 1730. The molecule has 0 aromatic heterocycles. The number of nitrogens with one attached hydrogen (secondary N) is 1. The number of halogens is 3. The SMILES string of the molecule is COc1ccc(S(=O)(=O)N(CC(=O)N(Cc2c(Cl)cccc2Cl)[C@H](Cc2ccccc2)C(=O)NC(C)C)c2ccc(Cl)cc2)cc1. The molecule has 0 aliphatic rings. The van der Waals surface area contributed by atoms with Gasteiger partial charge in [-0.25, -0.2) is 8.42 Å². The third-order valence-electron chi connectivity index (χ3n) is 7.13. The summed E-state index contributed by atoms with van der Waals surface area (Å²) >= 11 is 19.2. The van der Waals surface area contributed by atoms with E-state index >= 15 is 0 Å². The first-order valence-corrected chi connectivity index (χ1v) is 17.0. The van der Waals surface area contributed by atoms with Crippen molar-refractivity contribution in [2.75, 3.05) is 18.0 Å². The third-order valence-corrected chi connectivity index (χ3v) is 9.88. The van der Waals surface area contributed by atoms with Gasteiger partial charge in [0.25, 0.3) is 10.0 Å². The summed E-state index contributed by atoms with van der Waals surface area (Å²) in [7, 11) is -2.82. The molecular weight excluding hydrogens is 669 g/mol. The van der Waals surface area contributed by atoms with E-state index in [1.165, 1.54) is 60.5 Å². The Labute approximate surface area is 284 Å². The van der Waals surface area contributed by atoms with Gasteiger partial charge in [-0.3, -0.25) is 13.9 Å². The van der Waals surface area contributed by atoms with E-state index < -0.39 is 34.4 Å². The minimum absolute atomic E-state index is 0.0601. The number of amides is 2. The second-order valence-corrected chi connectivity index (χ2v) is 13.9. The fourth-order valence-electron chi connectivity index (χ4n) is 4.80. The Hall–Kier alpha value is -3.76. The fraction of sp³-hybridized carbons (Fsp3) is 0.235. The van der Waals surface area contributed by atoms with Crippen LogP contribution in [-0.4, -0.2) is 50.9 Å². The number of methoxy groups -OCH3 is 1. The number of benzene rings is 4. The van der Waals surface area contributed by atoms with Crippen molar-refractivity contribution in [1.29, 1.82) is 0 Å². The summed E-state index contributed by atoms with van der Waals surface area (Å²) in [6, 6.07) is 24.9. The average Bonchev–Trinajstić information content (AvgIpc) is 3.03. The molecular formula is C34H34Cl3N3O5S. The molecule has 0 bridgehead atoms. The number of hydrogen-bond acceptors (Lipinski definition) is 5. The first-order valence-electron chi connectivity index (χ1n) is 14.4.